The molecule has 0 bridgehead atoms. The van der Waals surface area contributed by atoms with Crippen molar-refractivity contribution in [3.05, 3.63) is 64.4 Å². The molecule has 0 fully saturated rings. The van der Waals surface area contributed by atoms with Gasteiger partial charge in [-0.05, 0) is 36.1 Å². The Morgan fingerprint density at radius 3 is 2.24 bits per heavy atom. The van der Waals surface area contributed by atoms with Crippen molar-refractivity contribution in [3.8, 4) is 0 Å². The minimum atomic E-state index is -0.250. The molecule has 1 heterocycles. The van der Waals surface area contributed by atoms with Crippen molar-refractivity contribution in [1.29, 1.82) is 0 Å². The molecule has 0 spiro atoms. The summed E-state index contributed by atoms with van der Waals surface area (Å²) in [4.78, 5) is 28.3. The number of pyridine rings is 1. The standard InChI is InChI=1S/C19H22ClN3O2/c1-13(2)10-23-19(25)16-9-15(11-21-12-16)18(24)22-8-7-14-3-5-17(20)6-4-14/h3-6,9,11-13H,7-8,10H2,1-2H3,(H,22,24)(H,23,25). The van der Waals surface area contributed by atoms with Crippen LogP contribution in [0, 0.1) is 5.92 Å². The van der Waals surface area contributed by atoms with Gasteiger partial charge in [-0.25, -0.2) is 0 Å². The summed E-state index contributed by atoms with van der Waals surface area (Å²) in [5.74, 6) is -0.117. The molecule has 1 aromatic carbocycles. The molecule has 0 aliphatic rings. The maximum absolute atomic E-state index is 12.2. The summed E-state index contributed by atoms with van der Waals surface area (Å²) in [5, 5.41) is 6.33. The van der Waals surface area contributed by atoms with E-state index in [4.69, 9.17) is 11.6 Å². The van der Waals surface area contributed by atoms with Crippen LogP contribution in [-0.2, 0) is 6.42 Å². The van der Waals surface area contributed by atoms with Crippen molar-refractivity contribution in [1.82, 2.24) is 15.6 Å². The SMILES string of the molecule is CC(C)CNC(=O)c1cncc(C(=O)NCCc2ccc(Cl)cc2)c1. The summed E-state index contributed by atoms with van der Waals surface area (Å²) in [6.07, 6.45) is 3.61. The summed E-state index contributed by atoms with van der Waals surface area (Å²) < 4.78 is 0. The van der Waals surface area contributed by atoms with Gasteiger partial charge in [0.15, 0.2) is 0 Å². The van der Waals surface area contributed by atoms with Gasteiger partial charge in [0.2, 0.25) is 0 Å². The zero-order valence-electron chi connectivity index (χ0n) is 14.4. The maximum atomic E-state index is 12.2. The molecule has 25 heavy (non-hydrogen) atoms. The van der Waals surface area contributed by atoms with E-state index in [-0.39, 0.29) is 11.8 Å². The number of nitrogens with zero attached hydrogens (tertiary/aromatic N) is 1. The van der Waals surface area contributed by atoms with Crippen molar-refractivity contribution in [2.75, 3.05) is 13.1 Å². The first-order valence-corrected chi connectivity index (χ1v) is 8.59. The highest BCUT2D eigenvalue weighted by atomic mass is 35.5. The van der Waals surface area contributed by atoms with Gasteiger partial charge in [-0.15, -0.1) is 0 Å². The first kappa shape index (κ1) is 18.9. The number of benzene rings is 1. The zero-order valence-corrected chi connectivity index (χ0v) is 15.1. The molecule has 0 saturated carbocycles. The van der Waals surface area contributed by atoms with Crippen molar-refractivity contribution in [2.45, 2.75) is 20.3 Å². The maximum Gasteiger partial charge on any atom is 0.252 e. The van der Waals surface area contributed by atoms with Gasteiger partial charge in [0.25, 0.3) is 11.8 Å². The van der Waals surface area contributed by atoms with Crippen molar-refractivity contribution < 1.29 is 9.59 Å². The summed E-state index contributed by atoms with van der Waals surface area (Å²) in [5.41, 5.74) is 1.84. The van der Waals surface area contributed by atoms with E-state index in [1.165, 1.54) is 12.4 Å². The van der Waals surface area contributed by atoms with E-state index >= 15 is 0 Å². The number of carbonyl (C=O) groups excluding carboxylic acids is 2. The normalized spacial score (nSPS) is 10.6. The Morgan fingerprint density at radius 2 is 1.64 bits per heavy atom. The fourth-order valence-electron chi connectivity index (χ4n) is 2.16. The van der Waals surface area contributed by atoms with Gasteiger partial charge >= 0.3 is 0 Å². The molecule has 0 radical (unpaired) electrons. The Morgan fingerprint density at radius 1 is 1.04 bits per heavy atom. The first-order valence-electron chi connectivity index (χ1n) is 8.21. The third-order valence-corrected chi connectivity index (χ3v) is 3.80. The van der Waals surface area contributed by atoms with Crippen molar-refractivity contribution in [2.24, 2.45) is 5.92 Å². The predicted octanol–water partition coefficient (Wildman–Crippen LogP) is 3.09. The molecule has 2 rings (SSSR count). The summed E-state index contributed by atoms with van der Waals surface area (Å²) in [6.45, 7) is 5.10. The van der Waals surface area contributed by atoms with E-state index < -0.39 is 0 Å². The van der Waals surface area contributed by atoms with Gasteiger partial charge in [-0.2, -0.15) is 0 Å². The number of rotatable bonds is 7. The molecule has 0 atom stereocenters. The molecule has 2 aromatic rings. The van der Waals surface area contributed by atoms with E-state index in [2.05, 4.69) is 15.6 Å². The Balaban J connectivity index is 1.89. The number of halogens is 1. The van der Waals surface area contributed by atoms with Gasteiger partial charge in [0.05, 0.1) is 11.1 Å². The summed E-state index contributed by atoms with van der Waals surface area (Å²) >= 11 is 5.85. The second kappa shape index (κ2) is 9.18. The molecule has 1 aromatic heterocycles. The van der Waals surface area contributed by atoms with Crippen LogP contribution in [-0.4, -0.2) is 29.9 Å². The minimum absolute atomic E-state index is 0.225. The van der Waals surface area contributed by atoms with Crippen LogP contribution in [0.4, 0.5) is 0 Å². The van der Waals surface area contributed by atoms with Crippen molar-refractivity contribution >= 4 is 23.4 Å². The van der Waals surface area contributed by atoms with E-state index in [1.807, 2.05) is 38.1 Å². The van der Waals surface area contributed by atoms with Crippen LogP contribution in [0.2, 0.25) is 5.02 Å². The van der Waals surface area contributed by atoms with Crippen LogP contribution in [0.5, 0.6) is 0 Å². The monoisotopic (exact) mass is 359 g/mol. The summed E-state index contributed by atoms with van der Waals surface area (Å²) in [7, 11) is 0. The number of hydrogen-bond acceptors (Lipinski definition) is 3. The number of hydrogen-bond donors (Lipinski definition) is 2. The quantitative estimate of drug-likeness (QED) is 0.798. The predicted molar refractivity (Wildman–Crippen MR) is 98.9 cm³/mol. The molecule has 2 N–H and O–H groups in total. The lowest BCUT2D eigenvalue weighted by Crippen LogP contribution is -2.29. The Labute approximate surface area is 152 Å². The lowest BCUT2D eigenvalue weighted by atomic mass is 10.1. The topological polar surface area (TPSA) is 71.1 Å². The highest BCUT2D eigenvalue weighted by Crippen LogP contribution is 2.09. The number of amides is 2. The fourth-order valence-corrected chi connectivity index (χ4v) is 2.29. The number of aromatic nitrogens is 1. The molecule has 6 heteroatoms. The van der Waals surface area contributed by atoms with E-state index in [1.54, 1.807) is 6.07 Å². The molecule has 132 valence electrons. The highest BCUT2D eigenvalue weighted by Gasteiger charge is 2.11. The Kier molecular flexibility index (Phi) is 6.95. The average Bonchev–Trinajstić information content (AvgIpc) is 2.61. The molecule has 0 aliphatic heterocycles. The largest absolute Gasteiger partial charge is 0.352 e. The molecular formula is C19H22ClN3O2. The van der Waals surface area contributed by atoms with E-state index in [9.17, 15) is 9.59 Å². The highest BCUT2D eigenvalue weighted by molar-refractivity contribution is 6.30. The Bertz CT molecular complexity index is 730. The van der Waals surface area contributed by atoms with E-state index in [0.717, 1.165) is 5.56 Å². The average molecular weight is 360 g/mol. The first-order chi connectivity index (χ1) is 12.0. The fraction of sp³-hybridized carbons (Fsp3) is 0.316. The number of nitrogens with one attached hydrogen (secondary N) is 2. The Hall–Kier alpha value is -2.40. The van der Waals surface area contributed by atoms with Crippen LogP contribution >= 0.6 is 11.6 Å². The van der Waals surface area contributed by atoms with Crippen LogP contribution in [0.1, 0.15) is 40.1 Å². The van der Waals surface area contributed by atoms with Gasteiger partial charge in [-0.3, -0.25) is 14.6 Å². The van der Waals surface area contributed by atoms with Crippen molar-refractivity contribution in [3.63, 3.8) is 0 Å². The molecule has 2 amide bonds. The molecule has 0 aliphatic carbocycles. The minimum Gasteiger partial charge on any atom is -0.352 e. The summed E-state index contributed by atoms with van der Waals surface area (Å²) in [6, 6.07) is 9.05. The zero-order chi connectivity index (χ0) is 18.2. The second-order valence-electron chi connectivity index (χ2n) is 6.20. The third-order valence-electron chi connectivity index (χ3n) is 3.55. The second-order valence-corrected chi connectivity index (χ2v) is 6.63. The van der Waals surface area contributed by atoms with Gasteiger partial charge in [0.1, 0.15) is 0 Å². The molecular weight excluding hydrogens is 338 g/mol. The van der Waals surface area contributed by atoms with Crippen LogP contribution in [0.3, 0.4) is 0 Å². The molecule has 0 unspecified atom stereocenters. The van der Waals surface area contributed by atoms with E-state index in [0.29, 0.717) is 41.6 Å². The smallest absolute Gasteiger partial charge is 0.252 e. The molecule has 0 saturated heterocycles. The van der Waals surface area contributed by atoms with Gasteiger partial charge in [0, 0.05) is 30.5 Å². The molecule has 5 nitrogen and oxygen atoms in total. The van der Waals surface area contributed by atoms with Crippen LogP contribution in [0.25, 0.3) is 0 Å². The van der Waals surface area contributed by atoms with Gasteiger partial charge < -0.3 is 10.6 Å². The lowest BCUT2D eigenvalue weighted by molar-refractivity contribution is 0.0948. The lowest BCUT2D eigenvalue weighted by Gasteiger charge is -2.09. The van der Waals surface area contributed by atoms with Crippen LogP contribution < -0.4 is 10.6 Å². The number of carbonyl (C=O) groups is 2. The third kappa shape index (κ3) is 6.19. The van der Waals surface area contributed by atoms with Crippen LogP contribution in [0.15, 0.2) is 42.7 Å². The van der Waals surface area contributed by atoms with Gasteiger partial charge in [-0.1, -0.05) is 37.6 Å².